The minimum atomic E-state index is -0.384. The maximum atomic E-state index is 11.8. The maximum absolute atomic E-state index is 11.8. The summed E-state index contributed by atoms with van der Waals surface area (Å²) < 4.78 is 10.7. The van der Waals surface area contributed by atoms with Crippen LogP contribution >= 0.6 is 0 Å². The second-order valence-corrected chi connectivity index (χ2v) is 11.5. The molecular weight excluding hydrogens is 384 g/mol. The normalized spacial score (nSPS) is 24.1. The van der Waals surface area contributed by atoms with Crippen molar-refractivity contribution in [3.05, 3.63) is 0 Å². The Morgan fingerprint density at radius 3 is 1.23 bits per heavy atom. The zero-order valence-corrected chi connectivity index (χ0v) is 19.6. The Labute approximate surface area is 181 Å². The Morgan fingerprint density at radius 2 is 1.03 bits per heavy atom. The number of nitrogens with zero attached hydrogens (tertiary/aromatic N) is 2. The fraction of sp³-hybridized carbons (Fsp3) is 0.909. The molecule has 0 aliphatic carbocycles. The Balaban J connectivity index is 0.000000171. The van der Waals surface area contributed by atoms with Gasteiger partial charge in [-0.05, 0) is 54.4 Å². The highest BCUT2D eigenvalue weighted by Gasteiger charge is 2.46. The number of likely N-dealkylation sites (tertiary alicyclic amines) is 2. The summed E-state index contributed by atoms with van der Waals surface area (Å²) >= 11 is 0. The molecule has 4 heterocycles. The highest BCUT2D eigenvalue weighted by atomic mass is 16.6. The van der Waals surface area contributed by atoms with Crippen LogP contribution in [0.15, 0.2) is 0 Å². The van der Waals surface area contributed by atoms with Crippen LogP contribution in [0.1, 0.15) is 54.4 Å². The number of rotatable bonds is 0. The maximum Gasteiger partial charge on any atom is 0.410 e. The van der Waals surface area contributed by atoms with Gasteiger partial charge < -0.3 is 29.9 Å². The van der Waals surface area contributed by atoms with E-state index in [0.717, 1.165) is 65.2 Å². The van der Waals surface area contributed by atoms with Crippen molar-refractivity contribution in [1.82, 2.24) is 20.4 Å². The molecule has 0 saturated carbocycles. The summed E-state index contributed by atoms with van der Waals surface area (Å²) in [6, 6.07) is 0. The molecule has 4 fully saturated rings. The molecule has 0 unspecified atom stereocenters. The van der Waals surface area contributed by atoms with Crippen LogP contribution in [0.25, 0.3) is 0 Å². The number of hydrogen-bond donors (Lipinski definition) is 2. The lowest BCUT2D eigenvalue weighted by atomic mass is 9.81. The monoisotopic (exact) mass is 424 g/mol. The first kappa shape index (κ1) is 23.1. The third kappa shape index (κ3) is 5.78. The van der Waals surface area contributed by atoms with Gasteiger partial charge in [0.15, 0.2) is 0 Å². The van der Waals surface area contributed by atoms with E-state index in [1.807, 2.05) is 51.3 Å². The number of carbonyl (C=O) groups is 2. The molecule has 8 heteroatoms. The first-order valence-electron chi connectivity index (χ1n) is 11.2. The first-order chi connectivity index (χ1) is 13.8. The van der Waals surface area contributed by atoms with Crippen LogP contribution in [0.3, 0.4) is 0 Å². The largest absolute Gasteiger partial charge is 0.444 e. The van der Waals surface area contributed by atoms with Crippen molar-refractivity contribution >= 4 is 12.2 Å². The van der Waals surface area contributed by atoms with Crippen molar-refractivity contribution in [1.29, 1.82) is 0 Å². The van der Waals surface area contributed by atoms with Crippen molar-refractivity contribution in [2.75, 3.05) is 52.4 Å². The summed E-state index contributed by atoms with van der Waals surface area (Å²) in [5, 5.41) is 6.55. The van der Waals surface area contributed by atoms with Gasteiger partial charge in [-0.2, -0.15) is 0 Å². The first-order valence-corrected chi connectivity index (χ1v) is 11.2. The molecule has 2 amide bonds. The number of hydrogen-bond acceptors (Lipinski definition) is 6. The summed E-state index contributed by atoms with van der Waals surface area (Å²) in [6.45, 7) is 19.0. The van der Waals surface area contributed by atoms with Gasteiger partial charge in [0.05, 0.1) is 0 Å². The summed E-state index contributed by atoms with van der Waals surface area (Å²) in [7, 11) is 0. The molecule has 0 aromatic carbocycles. The second-order valence-electron chi connectivity index (χ2n) is 11.5. The molecular formula is C22H40N4O4. The standard InChI is InChI=1S/2C11H20N2O2/c2*1-10(2,3)15-9(14)13-5-4-11(8-13)6-12-7-11/h2*12H,4-8H2,1-3H3. The van der Waals surface area contributed by atoms with Gasteiger partial charge in [0.1, 0.15) is 11.2 Å². The molecule has 4 saturated heterocycles. The zero-order chi connectivity index (χ0) is 22.2. The van der Waals surface area contributed by atoms with Crippen LogP contribution in [-0.2, 0) is 9.47 Å². The lowest BCUT2D eigenvalue weighted by Crippen LogP contribution is -2.55. The molecule has 4 aliphatic rings. The quantitative estimate of drug-likeness (QED) is 0.622. The molecule has 2 N–H and O–H groups in total. The van der Waals surface area contributed by atoms with Gasteiger partial charge in [-0.1, -0.05) is 0 Å². The summed E-state index contributed by atoms with van der Waals surface area (Å²) in [5.41, 5.74) is -0.0524. The van der Waals surface area contributed by atoms with Crippen LogP contribution in [0, 0.1) is 10.8 Å². The molecule has 0 radical (unpaired) electrons. The molecule has 4 rings (SSSR count). The van der Waals surface area contributed by atoms with E-state index in [2.05, 4.69) is 10.6 Å². The number of amides is 2. The third-order valence-electron chi connectivity index (χ3n) is 6.18. The van der Waals surface area contributed by atoms with Gasteiger partial charge in [0.2, 0.25) is 0 Å². The van der Waals surface area contributed by atoms with E-state index >= 15 is 0 Å². The molecule has 0 atom stereocenters. The highest BCUT2D eigenvalue weighted by Crippen LogP contribution is 2.35. The molecule has 172 valence electrons. The third-order valence-corrected chi connectivity index (χ3v) is 6.18. The van der Waals surface area contributed by atoms with Gasteiger partial charge in [-0.15, -0.1) is 0 Å². The predicted molar refractivity (Wildman–Crippen MR) is 115 cm³/mol. The van der Waals surface area contributed by atoms with Crippen LogP contribution in [0.5, 0.6) is 0 Å². The number of ether oxygens (including phenoxy) is 2. The fourth-order valence-electron chi connectivity index (χ4n) is 4.37. The number of carbonyl (C=O) groups excluding carboxylic acids is 2. The Morgan fingerprint density at radius 1 is 0.700 bits per heavy atom. The summed E-state index contributed by atoms with van der Waals surface area (Å²) in [5.74, 6) is 0. The molecule has 0 aromatic rings. The van der Waals surface area contributed by atoms with Crippen LogP contribution in [0.4, 0.5) is 9.59 Å². The van der Waals surface area contributed by atoms with E-state index in [0.29, 0.717) is 10.8 Å². The Hall–Kier alpha value is -1.54. The van der Waals surface area contributed by atoms with Crippen molar-refractivity contribution in [2.24, 2.45) is 10.8 Å². The summed E-state index contributed by atoms with van der Waals surface area (Å²) in [4.78, 5) is 27.2. The van der Waals surface area contributed by atoms with Gasteiger partial charge >= 0.3 is 12.2 Å². The number of nitrogens with one attached hydrogen (secondary N) is 2. The topological polar surface area (TPSA) is 83.1 Å². The Kier molecular flexibility index (Phi) is 6.31. The van der Waals surface area contributed by atoms with Crippen LogP contribution in [-0.4, -0.2) is 85.5 Å². The van der Waals surface area contributed by atoms with Crippen LogP contribution < -0.4 is 10.6 Å². The zero-order valence-electron chi connectivity index (χ0n) is 19.6. The van der Waals surface area contributed by atoms with E-state index in [9.17, 15) is 9.59 Å². The van der Waals surface area contributed by atoms with Crippen molar-refractivity contribution in [3.63, 3.8) is 0 Å². The second kappa shape index (κ2) is 8.19. The van der Waals surface area contributed by atoms with E-state index < -0.39 is 0 Å². The van der Waals surface area contributed by atoms with Crippen molar-refractivity contribution < 1.29 is 19.1 Å². The van der Waals surface area contributed by atoms with E-state index in [1.54, 1.807) is 0 Å². The average molecular weight is 425 g/mol. The molecule has 0 aromatic heterocycles. The minimum Gasteiger partial charge on any atom is -0.444 e. The average Bonchev–Trinajstić information content (AvgIpc) is 3.17. The lowest BCUT2D eigenvalue weighted by Gasteiger charge is -2.39. The van der Waals surface area contributed by atoms with Gasteiger partial charge in [-0.25, -0.2) is 9.59 Å². The fourth-order valence-corrected chi connectivity index (χ4v) is 4.37. The predicted octanol–water partition coefficient (Wildman–Crippen LogP) is 2.43. The van der Waals surface area contributed by atoms with Gasteiger partial charge in [0, 0.05) is 63.2 Å². The summed E-state index contributed by atoms with van der Waals surface area (Å²) in [6.07, 6.45) is 1.90. The van der Waals surface area contributed by atoms with Crippen LogP contribution in [0.2, 0.25) is 0 Å². The van der Waals surface area contributed by atoms with E-state index in [-0.39, 0.29) is 23.4 Å². The molecule has 4 aliphatic heterocycles. The molecule has 30 heavy (non-hydrogen) atoms. The van der Waals surface area contributed by atoms with E-state index in [4.69, 9.17) is 9.47 Å². The molecule has 0 bridgehead atoms. The van der Waals surface area contributed by atoms with Crippen molar-refractivity contribution in [2.45, 2.75) is 65.6 Å². The Bertz CT molecular complexity index is 589. The SMILES string of the molecule is CC(C)(C)OC(=O)N1CCC2(CNC2)C1.CC(C)(C)OC(=O)N1CCC2(CNC2)C1. The molecule has 2 spiro atoms. The van der Waals surface area contributed by atoms with Gasteiger partial charge in [0.25, 0.3) is 0 Å². The van der Waals surface area contributed by atoms with Crippen molar-refractivity contribution in [3.8, 4) is 0 Å². The smallest absolute Gasteiger partial charge is 0.410 e. The minimum absolute atomic E-state index is 0.161. The lowest BCUT2D eigenvalue weighted by molar-refractivity contribution is 0.0248. The molecule has 8 nitrogen and oxygen atoms in total. The van der Waals surface area contributed by atoms with Gasteiger partial charge in [-0.3, -0.25) is 0 Å². The highest BCUT2D eigenvalue weighted by molar-refractivity contribution is 5.69. The van der Waals surface area contributed by atoms with E-state index in [1.165, 1.54) is 0 Å².